The number of carbonyl (C=O) groups excluding carboxylic acids is 1. The van der Waals surface area contributed by atoms with Gasteiger partial charge in [0, 0.05) is 24.8 Å². The predicted octanol–water partition coefficient (Wildman–Crippen LogP) is 3.45. The monoisotopic (exact) mass is 324 g/mol. The summed E-state index contributed by atoms with van der Waals surface area (Å²) in [5.74, 6) is 1.77. The molecule has 2 heterocycles. The third-order valence-corrected chi connectivity index (χ3v) is 4.10. The second-order valence-electron chi connectivity index (χ2n) is 6.65. The van der Waals surface area contributed by atoms with Gasteiger partial charge in [-0.3, -0.25) is 4.79 Å². The van der Waals surface area contributed by atoms with Gasteiger partial charge in [-0.1, -0.05) is 32.0 Å². The van der Waals surface area contributed by atoms with Gasteiger partial charge in [-0.05, 0) is 37.3 Å². The quantitative estimate of drug-likeness (QED) is 0.936. The summed E-state index contributed by atoms with van der Waals surface area (Å²) in [5, 5.41) is 3.28. The lowest BCUT2D eigenvalue weighted by Crippen LogP contribution is -2.36. The topological polar surface area (TPSA) is 58.1 Å². The number of benzene rings is 1. The SMILES string of the molecule is Cc1nc(NCC(C)C)cc(C(=O)N2CCCc3ccccc32)n1. The normalized spacial score (nSPS) is 13.8. The second kappa shape index (κ2) is 6.99. The van der Waals surface area contributed by atoms with Crippen molar-refractivity contribution in [3.8, 4) is 0 Å². The first-order chi connectivity index (χ1) is 11.5. The van der Waals surface area contributed by atoms with Crippen LogP contribution in [0, 0.1) is 12.8 Å². The first kappa shape index (κ1) is 16.4. The molecule has 1 N–H and O–H groups in total. The van der Waals surface area contributed by atoms with Crippen molar-refractivity contribution in [3.63, 3.8) is 0 Å². The maximum absolute atomic E-state index is 13.0. The van der Waals surface area contributed by atoms with Gasteiger partial charge < -0.3 is 10.2 Å². The van der Waals surface area contributed by atoms with Crippen LogP contribution in [0.15, 0.2) is 30.3 Å². The van der Waals surface area contributed by atoms with E-state index in [1.54, 1.807) is 6.07 Å². The molecule has 1 aliphatic rings. The molecule has 0 aliphatic carbocycles. The Morgan fingerprint density at radius 3 is 2.88 bits per heavy atom. The summed E-state index contributed by atoms with van der Waals surface area (Å²) in [6, 6.07) is 9.86. The largest absolute Gasteiger partial charge is 0.370 e. The van der Waals surface area contributed by atoms with Crippen LogP contribution in [0.3, 0.4) is 0 Å². The number of para-hydroxylation sites is 1. The molecular formula is C19H24N4O. The molecule has 126 valence electrons. The first-order valence-corrected chi connectivity index (χ1v) is 8.54. The molecule has 0 unspecified atom stereocenters. The summed E-state index contributed by atoms with van der Waals surface area (Å²) in [7, 11) is 0. The van der Waals surface area contributed by atoms with E-state index in [1.165, 1.54) is 5.56 Å². The fourth-order valence-electron chi connectivity index (χ4n) is 2.96. The maximum atomic E-state index is 13.0. The third-order valence-electron chi connectivity index (χ3n) is 4.10. The standard InChI is InChI=1S/C19H24N4O/c1-13(2)12-20-18-11-16(21-14(3)22-18)19(24)23-10-6-8-15-7-4-5-9-17(15)23/h4-5,7,9,11,13H,6,8,10,12H2,1-3H3,(H,20,21,22). The number of rotatable bonds is 4. The van der Waals surface area contributed by atoms with Crippen molar-refractivity contribution in [2.45, 2.75) is 33.6 Å². The number of carbonyl (C=O) groups is 1. The number of amides is 1. The van der Waals surface area contributed by atoms with Gasteiger partial charge in [0.1, 0.15) is 17.3 Å². The number of hydrogen-bond acceptors (Lipinski definition) is 4. The molecule has 1 amide bonds. The highest BCUT2D eigenvalue weighted by Crippen LogP contribution is 2.28. The van der Waals surface area contributed by atoms with E-state index in [0.717, 1.165) is 31.6 Å². The van der Waals surface area contributed by atoms with Crippen LogP contribution in [0.1, 0.15) is 42.1 Å². The zero-order valence-corrected chi connectivity index (χ0v) is 14.5. The number of nitrogens with one attached hydrogen (secondary N) is 1. The lowest BCUT2D eigenvalue weighted by Gasteiger charge is -2.29. The van der Waals surface area contributed by atoms with Gasteiger partial charge in [0.15, 0.2) is 0 Å². The molecule has 0 saturated heterocycles. The zero-order valence-electron chi connectivity index (χ0n) is 14.5. The van der Waals surface area contributed by atoms with Crippen molar-refractivity contribution >= 4 is 17.4 Å². The predicted molar refractivity (Wildman–Crippen MR) is 96.5 cm³/mol. The molecule has 1 aromatic carbocycles. The Morgan fingerprint density at radius 2 is 2.08 bits per heavy atom. The molecule has 1 aliphatic heterocycles. The summed E-state index contributed by atoms with van der Waals surface area (Å²) < 4.78 is 0. The van der Waals surface area contributed by atoms with Crippen LogP contribution in [0.5, 0.6) is 0 Å². The van der Waals surface area contributed by atoms with Crippen molar-refractivity contribution < 1.29 is 4.79 Å². The lowest BCUT2D eigenvalue weighted by atomic mass is 10.0. The van der Waals surface area contributed by atoms with E-state index in [0.29, 0.717) is 23.3 Å². The molecule has 5 nitrogen and oxygen atoms in total. The maximum Gasteiger partial charge on any atom is 0.277 e. The van der Waals surface area contributed by atoms with Crippen LogP contribution in [-0.2, 0) is 6.42 Å². The van der Waals surface area contributed by atoms with Crippen LogP contribution in [0.4, 0.5) is 11.5 Å². The van der Waals surface area contributed by atoms with E-state index < -0.39 is 0 Å². The molecule has 1 aromatic heterocycles. The van der Waals surface area contributed by atoms with E-state index in [-0.39, 0.29) is 5.91 Å². The fourth-order valence-corrected chi connectivity index (χ4v) is 2.96. The minimum absolute atomic E-state index is 0.0553. The number of fused-ring (bicyclic) bond motifs is 1. The molecule has 0 atom stereocenters. The summed E-state index contributed by atoms with van der Waals surface area (Å²) in [4.78, 5) is 23.6. The van der Waals surface area contributed by atoms with Crippen molar-refractivity contribution in [1.29, 1.82) is 0 Å². The lowest BCUT2D eigenvalue weighted by molar-refractivity contribution is 0.0980. The van der Waals surface area contributed by atoms with E-state index in [1.807, 2.05) is 30.0 Å². The molecule has 0 bridgehead atoms. The highest BCUT2D eigenvalue weighted by Gasteiger charge is 2.24. The molecule has 0 saturated carbocycles. The van der Waals surface area contributed by atoms with E-state index in [2.05, 4.69) is 35.2 Å². The molecule has 5 heteroatoms. The Balaban J connectivity index is 1.88. The third kappa shape index (κ3) is 3.55. The van der Waals surface area contributed by atoms with Crippen LogP contribution in [-0.4, -0.2) is 29.0 Å². The molecule has 0 spiro atoms. The van der Waals surface area contributed by atoms with Gasteiger partial charge in [-0.2, -0.15) is 0 Å². The minimum atomic E-state index is -0.0553. The van der Waals surface area contributed by atoms with E-state index >= 15 is 0 Å². The van der Waals surface area contributed by atoms with Crippen molar-refractivity contribution in [3.05, 3.63) is 47.4 Å². The van der Waals surface area contributed by atoms with Crippen LogP contribution in [0.2, 0.25) is 0 Å². The minimum Gasteiger partial charge on any atom is -0.370 e. The van der Waals surface area contributed by atoms with Crippen molar-refractivity contribution in [1.82, 2.24) is 9.97 Å². The smallest absolute Gasteiger partial charge is 0.277 e. The van der Waals surface area contributed by atoms with Gasteiger partial charge >= 0.3 is 0 Å². The van der Waals surface area contributed by atoms with Gasteiger partial charge in [0.25, 0.3) is 5.91 Å². The number of nitrogens with zero attached hydrogens (tertiary/aromatic N) is 3. The Bertz CT molecular complexity index is 742. The van der Waals surface area contributed by atoms with Gasteiger partial charge in [-0.15, -0.1) is 0 Å². The number of hydrogen-bond donors (Lipinski definition) is 1. The average molecular weight is 324 g/mol. The highest BCUT2D eigenvalue weighted by atomic mass is 16.2. The van der Waals surface area contributed by atoms with Crippen LogP contribution >= 0.6 is 0 Å². The number of aryl methyl sites for hydroxylation is 2. The molecule has 24 heavy (non-hydrogen) atoms. The Morgan fingerprint density at radius 1 is 1.29 bits per heavy atom. The van der Waals surface area contributed by atoms with Gasteiger partial charge in [0.2, 0.25) is 0 Å². The highest BCUT2D eigenvalue weighted by molar-refractivity contribution is 6.05. The number of aromatic nitrogens is 2. The summed E-state index contributed by atoms with van der Waals surface area (Å²) in [5.41, 5.74) is 2.67. The van der Waals surface area contributed by atoms with Gasteiger partial charge in [0.05, 0.1) is 0 Å². The van der Waals surface area contributed by atoms with E-state index in [9.17, 15) is 4.79 Å². The molecule has 3 rings (SSSR count). The van der Waals surface area contributed by atoms with E-state index in [4.69, 9.17) is 0 Å². The fraction of sp³-hybridized carbons (Fsp3) is 0.421. The second-order valence-corrected chi connectivity index (χ2v) is 6.65. The van der Waals surface area contributed by atoms with Crippen LogP contribution in [0.25, 0.3) is 0 Å². The molecule has 2 aromatic rings. The Kier molecular flexibility index (Phi) is 4.79. The summed E-state index contributed by atoms with van der Waals surface area (Å²) >= 11 is 0. The zero-order chi connectivity index (χ0) is 17.1. The average Bonchev–Trinajstić information content (AvgIpc) is 2.58. The van der Waals surface area contributed by atoms with Crippen molar-refractivity contribution in [2.24, 2.45) is 5.92 Å². The van der Waals surface area contributed by atoms with Gasteiger partial charge in [-0.25, -0.2) is 9.97 Å². The summed E-state index contributed by atoms with van der Waals surface area (Å²) in [6.45, 7) is 7.64. The first-order valence-electron chi connectivity index (χ1n) is 8.54. The molecule has 0 radical (unpaired) electrons. The number of anilines is 2. The van der Waals surface area contributed by atoms with Crippen LogP contribution < -0.4 is 10.2 Å². The molecular weight excluding hydrogens is 300 g/mol. The summed E-state index contributed by atoms with van der Waals surface area (Å²) in [6.07, 6.45) is 2.00. The Hall–Kier alpha value is -2.43. The van der Waals surface area contributed by atoms with Crippen molar-refractivity contribution in [2.75, 3.05) is 23.3 Å². The Labute approximate surface area is 143 Å². The molecule has 0 fully saturated rings.